The fraction of sp³-hybridized carbons (Fsp3) is 0.441. The lowest BCUT2D eigenvalue weighted by atomic mass is 9.87. The molecule has 1 aliphatic rings. The number of amides is 2. The molecule has 1 fully saturated rings. The van der Waals surface area contributed by atoms with E-state index < -0.39 is 23.8 Å². The molecule has 0 spiro atoms. The van der Waals surface area contributed by atoms with Gasteiger partial charge in [0.1, 0.15) is 6.04 Å². The first-order chi connectivity index (χ1) is 21.9. The highest BCUT2D eigenvalue weighted by Crippen LogP contribution is 2.24. The van der Waals surface area contributed by atoms with E-state index in [1.165, 1.54) is 12.7 Å². The highest BCUT2D eigenvalue weighted by atomic mass is 32.2. The first-order valence-electron chi connectivity index (χ1n) is 15.3. The summed E-state index contributed by atoms with van der Waals surface area (Å²) >= 11 is 1.60. The topological polar surface area (TPSA) is 129 Å². The third-order valence-electron chi connectivity index (χ3n) is 8.14. The molecule has 2 aromatic carbocycles. The molecule has 1 aliphatic heterocycles. The number of ether oxygens (including phenoxy) is 1. The molecule has 3 aromatic rings. The van der Waals surface area contributed by atoms with Gasteiger partial charge in [0.2, 0.25) is 11.8 Å². The number of thioether (sulfide) groups is 1. The maximum Gasteiger partial charge on any atom is 0.328 e. The van der Waals surface area contributed by atoms with Crippen LogP contribution in [0.25, 0.3) is 0 Å². The second-order valence-corrected chi connectivity index (χ2v) is 12.5. The summed E-state index contributed by atoms with van der Waals surface area (Å²) in [5, 5.41) is 15.4. The van der Waals surface area contributed by atoms with Crippen LogP contribution >= 0.6 is 11.8 Å². The van der Waals surface area contributed by atoms with Crippen LogP contribution in [0.15, 0.2) is 73.3 Å². The Balaban J connectivity index is 1.49. The summed E-state index contributed by atoms with van der Waals surface area (Å²) in [6, 6.07) is 18.7. The number of nitriles is 1. The minimum Gasteiger partial charge on any atom is -0.467 e. The molecule has 2 heterocycles. The Labute approximate surface area is 269 Å². The number of carbonyl (C=O) groups excluding carboxylic acids is 3. The van der Waals surface area contributed by atoms with Crippen LogP contribution in [0.1, 0.15) is 29.5 Å². The van der Waals surface area contributed by atoms with Crippen molar-refractivity contribution in [3.8, 4) is 6.07 Å². The van der Waals surface area contributed by atoms with Crippen LogP contribution in [0.2, 0.25) is 0 Å². The van der Waals surface area contributed by atoms with Crippen LogP contribution in [0.3, 0.4) is 0 Å². The molecule has 1 saturated heterocycles. The SMILES string of the molecule is COC(=O)[C@H](CCSC)NC(=O)[C@@H]1C[C@H](C(=O)NC(Cc2ccc(C#N)cc2)Cn2ccnc2)CN(CCc2ccccc2)C1. The standard InChI is InChI=1S/C34H42N6O4S/c1-44-34(43)31(13-17-45-2)38-33(42)29-19-28(21-39(22-29)15-12-25-6-4-3-5-7-25)32(41)37-30(23-40-16-14-36-24-40)18-26-8-10-27(20-35)11-9-26/h3-11,14,16,24,28-31H,12-13,15,17-19,21-23H2,1-2H3,(H,37,41)(H,38,42)/t28-,29+,30?,31-/m0/s1. The molecule has 0 saturated carbocycles. The Hall–Kier alpha value is -4.14. The van der Waals surface area contributed by atoms with Gasteiger partial charge in [0.05, 0.1) is 42.9 Å². The quantitative estimate of drug-likeness (QED) is 0.245. The highest BCUT2D eigenvalue weighted by molar-refractivity contribution is 7.98. The second kappa shape index (κ2) is 17.4. The fourth-order valence-electron chi connectivity index (χ4n) is 5.73. The summed E-state index contributed by atoms with van der Waals surface area (Å²) in [6.07, 6.45) is 9.45. The van der Waals surface area contributed by atoms with Gasteiger partial charge in [0.25, 0.3) is 0 Å². The Morgan fingerprint density at radius 3 is 2.38 bits per heavy atom. The molecule has 2 amide bonds. The lowest BCUT2D eigenvalue weighted by Gasteiger charge is -2.37. The summed E-state index contributed by atoms with van der Waals surface area (Å²) < 4.78 is 6.88. The second-order valence-electron chi connectivity index (χ2n) is 11.5. The largest absolute Gasteiger partial charge is 0.467 e. The van der Waals surface area contributed by atoms with Gasteiger partial charge < -0.3 is 24.8 Å². The Morgan fingerprint density at radius 1 is 1.04 bits per heavy atom. The predicted molar refractivity (Wildman–Crippen MR) is 174 cm³/mol. The molecule has 1 aromatic heterocycles. The van der Waals surface area contributed by atoms with Crippen molar-refractivity contribution in [2.75, 3.05) is 38.8 Å². The first kappa shape index (κ1) is 33.7. The molecule has 4 atom stereocenters. The maximum absolute atomic E-state index is 13.9. The predicted octanol–water partition coefficient (Wildman–Crippen LogP) is 3.07. The van der Waals surface area contributed by atoms with Crippen LogP contribution in [0, 0.1) is 23.2 Å². The van der Waals surface area contributed by atoms with Gasteiger partial charge in [-0.05, 0) is 61.0 Å². The van der Waals surface area contributed by atoms with E-state index in [0.717, 1.165) is 12.0 Å². The minimum absolute atomic E-state index is 0.108. The molecule has 0 radical (unpaired) electrons. The molecule has 238 valence electrons. The lowest BCUT2D eigenvalue weighted by Crippen LogP contribution is -2.54. The maximum atomic E-state index is 13.9. The Bertz CT molecular complexity index is 1410. The van der Waals surface area contributed by atoms with Crippen molar-refractivity contribution in [2.24, 2.45) is 11.8 Å². The van der Waals surface area contributed by atoms with E-state index in [2.05, 4.69) is 38.7 Å². The van der Waals surface area contributed by atoms with Gasteiger partial charge in [-0.25, -0.2) is 9.78 Å². The van der Waals surface area contributed by atoms with Crippen molar-refractivity contribution < 1.29 is 19.1 Å². The molecule has 1 unspecified atom stereocenters. The number of esters is 1. The van der Waals surface area contributed by atoms with Crippen LogP contribution in [-0.4, -0.2) is 83.1 Å². The summed E-state index contributed by atoms with van der Waals surface area (Å²) in [5.74, 6) is -0.981. The molecular weight excluding hydrogens is 588 g/mol. The zero-order valence-electron chi connectivity index (χ0n) is 25.9. The van der Waals surface area contributed by atoms with Gasteiger partial charge >= 0.3 is 5.97 Å². The van der Waals surface area contributed by atoms with Crippen molar-refractivity contribution in [2.45, 2.75) is 44.3 Å². The molecule has 2 N–H and O–H groups in total. The molecular formula is C34H42N6O4S. The van der Waals surface area contributed by atoms with Gasteiger partial charge in [0.15, 0.2) is 0 Å². The first-order valence-corrected chi connectivity index (χ1v) is 16.7. The third kappa shape index (κ3) is 10.5. The Morgan fingerprint density at radius 2 is 1.76 bits per heavy atom. The number of nitrogens with one attached hydrogen (secondary N) is 2. The number of aromatic nitrogens is 2. The summed E-state index contributed by atoms with van der Waals surface area (Å²) in [7, 11) is 1.32. The molecule has 4 rings (SSSR count). The van der Waals surface area contributed by atoms with Crippen molar-refractivity contribution in [3.63, 3.8) is 0 Å². The monoisotopic (exact) mass is 630 g/mol. The van der Waals surface area contributed by atoms with Crippen LogP contribution < -0.4 is 10.6 Å². The van der Waals surface area contributed by atoms with Gasteiger partial charge in [-0.15, -0.1) is 0 Å². The van der Waals surface area contributed by atoms with E-state index in [1.54, 1.807) is 36.4 Å². The number of carbonyl (C=O) groups is 3. The third-order valence-corrected chi connectivity index (χ3v) is 8.79. The lowest BCUT2D eigenvalue weighted by molar-refractivity contribution is -0.146. The van der Waals surface area contributed by atoms with E-state index in [-0.39, 0.29) is 17.9 Å². The number of likely N-dealkylation sites (tertiary alicyclic amines) is 1. The van der Waals surface area contributed by atoms with Gasteiger partial charge in [-0.3, -0.25) is 9.59 Å². The van der Waals surface area contributed by atoms with E-state index in [0.29, 0.717) is 56.8 Å². The number of piperidine rings is 1. The van der Waals surface area contributed by atoms with E-state index in [9.17, 15) is 19.6 Å². The molecule has 11 heteroatoms. The van der Waals surface area contributed by atoms with Gasteiger partial charge in [-0.2, -0.15) is 17.0 Å². The summed E-state index contributed by atoms with van der Waals surface area (Å²) in [5.41, 5.74) is 2.78. The van der Waals surface area contributed by atoms with Crippen molar-refractivity contribution in [1.82, 2.24) is 25.1 Å². The van der Waals surface area contributed by atoms with Crippen LogP contribution in [0.5, 0.6) is 0 Å². The molecule has 45 heavy (non-hydrogen) atoms. The Kier molecular flexibility index (Phi) is 13.0. The molecule has 0 bridgehead atoms. The van der Waals surface area contributed by atoms with Crippen LogP contribution in [0.4, 0.5) is 0 Å². The molecule has 10 nitrogen and oxygen atoms in total. The van der Waals surface area contributed by atoms with E-state index >= 15 is 0 Å². The number of imidazole rings is 1. The summed E-state index contributed by atoms with van der Waals surface area (Å²) in [6.45, 7) is 2.26. The normalized spacial score (nSPS) is 17.9. The fourth-order valence-corrected chi connectivity index (χ4v) is 6.20. The average molecular weight is 631 g/mol. The number of nitrogens with zero attached hydrogens (tertiary/aromatic N) is 4. The highest BCUT2D eigenvalue weighted by Gasteiger charge is 2.37. The zero-order valence-corrected chi connectivity index (χ0v) is 26.7. The smallest absolute Gasteiger partial charge is 0.328 e. The van der Waals surface area contributed by atoms with Crippen LogP contribution in [-0.2, 0) is 38.5 Å². The van der Waals surface area contributed by atoms with E-state index in [1.807, 2.05) is 47.4 Å². The number of hydrogen-bond acceptors (Lipinski definition) is 8. The van der Waals surface area contributed by atoms with Crippen molar-refractivity contribution >= 4 is 29.5 Å². The van der Waals surface area contributed by atoms with Crippen molar-refractivity contribution in [3.05, 3.63) is 90.0 Å². The average Bonchev–Trinajstić information content (AvgIpc) is 3.59. The number of benzene rings is 2. The number of hydrogen-bond donors (Lipinski definition) is 2. The minimum atomic E-state index is -0.728. The van der Waals surface area contributed by atoms with E-state index in [4.69, 9.17) is 4.74 Å². The summed E-state index contributed by atoms with van der Waals surface area (Å²) in [4.78, 5) is 46.3. The number of methoxy groups -OCH3 is 1. The zero-order chi connectivity index (χ0) is 32.0. The van der Waals surface area contributed by atoms with Gasteiger partial charge in [0, 0.05) is 38.6 Å². The molecule has 0 aliphatic carbocycles. The van der Waals surface area contributed by atoms with Crippen molar-refractivity contribution in [1.29, 1.82) is 5.26 Å². The van der Waals surface area contributed by atoms with Gasteiger partial charge in [-0.1, -0.05) is 42.5 Å². The number of rotatable bonds is 15.